The first-order chi connectivity index (χ1) is 12.4. The molecule has 8 nitrogen and oxygen atoms in total. The molecule has 10 heteroatoms. The van der Waals surface area contributed by atoms with Crippen LogP contribution in [0.3, 0.4) is 0 Å². The first-order valence-electron chi connectivity index (χ1n) is 8.64. The number of halogens is 1. The molecule has 1 saturated heterocycles. The molecule has 1 aromatic rings. The van der Waals surface area contributed by atoms with Gasteiger partial charge in [-0.2, -0.15) is 0 Å². The van der Waals surface area contributed by atoms with Crippen LogP contribution in [0.15, 0.2) is 23.1 Å². The zero-order valence-corrected chi connectivity index (χ0v) is 17.3. The predicted molar refractivity (Wildman–Crippen MR) is 105 cm³/mol. The molecule has 0 aliphatic carbocycles. The summed E-state index contributed by atoms with van der Waals surface area (Å²) < 4.78 is 37.5. The van der Waals surface area contributed by atoms with Gasteiger partial charge in [0.25, 0.3) is 0 Å². The molecule has 0 aromatic heterocycles. The number of rotatable bonds is 8. The Kier molecular flexibility index (Phi) is 9.31. The maximum Gasteiger partial charge on any atom is 0.240 e. The molecule has 0 spiro atoms. The van der Waals surface area contributed by atoms with Crippen molar-refractivity contribution in [3.05, 3.63) is 18.2 Å². The van der Waals surface area contributed by atoms with Gasteiger partial charge >= 0.3 is 0 Å². The SMILES string of the molecule is COc1ccc(S(=O)(=O)NCCC(=O)N2CCCCC2CN)cc1OC.Cl. The van der Waals surface area contributed by atoms with Crippen LogP contribution in [0.2, 0.25) is 0 Å². The highest BCUT2D eigenvalue weighted by atomic mass is 35.5. The van der Waals surface area contributed by atoms with E-state index in [0.29, 0.717) is 24.6 Å². The van der Waals surface area contributed by atoms with Gasteiger partial charge in [0.2, 0.25) is 15.9 Å². The summed E-state index contributed by atoms with van der Waals surface area (Å²) in [4.78, 5) is 14.2. The third kappa shape index (κ3) is 5.97. The van der Waals surface area contributed by atoms with Crippen molar-refractivity contribution in [1.29, 1.82) is 0 Å². The van der Waals surface area contributed by atoms with Crippen LogP contribution < -0.4 is 19.9 Å². The Morgan fingerprint density at radius 3 is 2.59 bits per heavy atom. The van der Waals surface area contributed by atoms with Gasteiger partial charge in [0.15, 0.2) is 11.5 Å². The number of hydrogen-bond donors (Lipinski definition) is 2. The van der Waals surface area contributed by atoms with Gasteiger partial charge in [0.05, 0.1) is 19.1 Å². The molecule has 2 rings (SSSR count). The molecule has 1 atom stereocenters. The topological polar surface area (TPSA) is 111 Å². The molecule has 0 saturated carbocycles. The van der Waals surface area contributed by atoms with E-state index in [-0.39, 0.29) is 42.2 Å². The highest BCUT2D eigenvalue weighted by Crippen LogP contribution is 2.29. The number of carbonyl (C=O) groups is 1. The van der Waals surface area contributed by atoms with Crippen molar-refractivity contribution in [3.8, 4) is 11.5 Å². The second-order valence-electron chi connectivity index (χ2n) is 6.14. The highest BCUT2D eigenvalue weighted by Gasteiger charge is 2.25. The smallest absolute Gasteiger partial charge is 0.240 e. The van der Waals surface area contributed by atoms with Crippen molar-refractivity contribution in [2.45, 2.75) is 36.6 Å². The highest BCUT2D eigenvalue weighted by molar-refractivity contribution is 7.89. The van der Waals surface area contributed by atoms with E-state index in [2.05, 4.69) is 4.72 Å². The van der Waals surface area contributed by atoms with E-state index in [0.717, 1.165) is 19.3 Å². The van der Waals surface area contributed by atoms with Gasteiger partial charge in [0.1, 0.15) is 0 Å². The Morgan fingerprint density at radius 2 is 1.96 bits per heavy atom. The minimum absolute atomic E-state index is 0. The Morgan fingerprint density at radius 1 is 1.26 bits per heavy atom. The summed E-state index contributed by atoms with van der Waals surface area (Å²) >= 11 is 0. The Hall–Kier alpha value is -1.55. The summed E-state index contributed by atoms with van der Waals surface area (Å²) in [6.45, 7) is 1.15. The summed E-state index contributed by atoms with van der Waals surface area (Å²) in [5.74, 6) is 0.695. The lowest BCUT2D eigenvalue weighted by Crippen LogP contribution is -2.48. The van der Waals surface area contributed by atoms with E-state index in [1.54, 1.807) is 4.90 Å². The van der Waals surface area contributed by atoms with Crippen molar-refractivity contribution in [1.82, 2.24) is 9.62 Å². The minimum Gasteiger partial charge on any atom is -0.493 e. The molecule has 1 aliphatic heterocycles. The van der Waals surface area contributed by atoms with E-state index < -0.39 is 10.0 Å². The fourth-order valence-electron chi connectivity index (χ4n) is 3.08. The predicted octanol–water partition coefficient (Wildman–Crippen LogP) is 1.13. The van der Waals surface area contributed by atoms with Crippen molar-refractivity contribution in [3.63, 3.8) is 0 Å². The molecule has 1 heterocycles. The number of carbonyl (C=O) groups excluding carboxylic acids is 1. The number of ether oxygens (including phenoxy) is 2. The number of sulfonamides is 1. The Labute approximate surface area is 166 Å². The van der Waals surface area contributed by atoms with Gasteiger partial charge in [-0.3, -0.25) is 4.79 Å². The largest absolute Gasteiger partial charge is 0.493 e. The normalized spacial score (nSPS) is 17.1. The van der Waals surface area contributed by atoms with Gasteiger partial charge in [-0.25, -0.2) is 13.1 Å². The van der Waals surface area contributed by atoms with Gasteiger partial charge in [-0.15, -0.1) is 12.4 Å². The molecule has 3 N–H and O–H groups in total. The molecule has 1 aromatic carbocycles. The lowest BCUT2D eigenvalue weighted by Gasteiger charge is -2.35. The average Bonchev–Trinajstić information content (AvgIpc) is 2.66. The van der Waals surface area contributed by atoms with Crippen molar-refractivity contribution < 1.29 is 22.7 Å². The molecule has 154 valence electrons. The Balaban J connectivity index is 0.00000364. The molecule has 0 radical (unpaired) electrons. The fraction of sp³-hybridized carbons (Fsp3) is 0.588. The Bertz CT molecular complexity index is 729. The van der Waals surface area contributed by atoms with Crippen LogP contribution in [0.4, 0.5) is 0 Å². The number of hydrogen-bond acceptors (Lipinski definition) is 6. The second-order valence-corrected chi connectivity index (χ2v) is 7.90. The summed E-state index contributed by atoms with van der Waals surface area (Å²) in [5, 5.41) is 0. The number of amides is 1. The van der Waals surface area contributed by atoms with Crippen LogP contribution in [0, 0.1) is 0 Å². The zero-order chi connectivity index (χ0) is 19.2. The van der Waals surface area contributed by atoms with Crippen LogP contribution in [0.5, 0.6) is 11.5 Å². The van der Waals surface area contributed by atoms with E-state index in [9.17, 15) is 13.2 Å². The fourth-order valence-corrected chi connectivity index (χ4v) is 4.12. The van der Waals surface area contributed by atoms with Crippen LogP contribution in [-0.4, -0.2) is 59.1 Å². The van der Waals surface area contributed by atoms with Crippen molar-refractivity contribution in [2.24, 2.45) is 5.73 Å². The molecular formula is C17H28ClN3O5S. The summed E-state index contributed by atoms with van der Waals surface area (Å²) in [5.41, 5.74) is 5.73. The van der Waals surface area contributed by atoms with Gasteiger partial charge in [0, 0.05) is 38.2 Å². The number of piperidine rings is 1. The number of benzene rings is 1. The van der Waals surface area contributed by atoms with Crippen LogP contribution in [-0.2, 0) is 14.8 Å². The first kappa shape index (κ1) is 23.5. The minimum atomic E-state index is -3.74. The third-order valence-corrected chi connectivity index (χ3v) is 5.97. The van der Waals surface area contributed by atoms with Crippen LogP contribution in [0.1, 0.15) is 25.7 Å². The molecular weight excluding hydrogens is 394 g/mol. The number of methoxy groups -OCH3 is 2. The first-order valence-corrected chi connectivity index (χ1v) is 10.1. The molecule has 1 unspecified atom stereocenters. The quantitative estimate of drug-likeness (QED) is 0.651. The number of likely N-dealkylation sites (tertiary alicyclic amines) is 1. The molecule has 1 aliphatic rings. The van der Waals surface area contributed by atoms with Crippen molar-refractivity contribution >= 4 is 28.3 Å². The zero-order valence-electron chi connectivity index (χ0n) is 15.6. The monoisotopic (exact) mass is 421 g/mol. The van der Waals surface area contributed by atoms with E-state index in [1.165, 1.54) is 32.4 Å². The van der Waals surface area contributed by atoms with E-state index in [4.69, 9.17) is 15.2 Å². The number of nitrogens with two attached hydrogens (primary N) is 1. The summed E-state index contributed by atoms with van der Waals surface area (Å²) in [6.07, 6.45) is 3.03. The molecule has 1 fully saturated rings. The molecule has 27 heavy (non-hydrogen) atoms. The maximum atomic E-state index is 12.4. The van der Waals surface area contributed by atoms with E-state index in [1.807, 2.05) is 0 Å². The van der Waals surface area contributed by atoms with Gasteiger partial charge in [-0.1, -0.05) is 0 Å². The third-order valence-electron chi connectivity index (χ3n) is 4.52. The standard InChI is InChI=1S/C17H27N3O5S.ClH/c1-24-15-7-6-14(11-16(15)25-2)26(22,23)19-9-8-17(21)20-10-4-3-5-13(20)12-18;/h6-7,11,13,19H,3-5,8-10,12,18H2,1-2H3;1H. The second kappa shape index (κ2) is 10.7. The molecule has 1 amide bonds. The van der Waals surface area contributed by atoms with Crippen LogP contribution >= 0.6 is 12.4 Å². The number of nitrogens with zero attached hydrogens (tertiary/aromatic N) is 1. The summed E-state index contributed by atoms with van der Waals surface area (Å²) in [6, 6.07) is 4.40. The van der Waals surface area contributed by atoms with Gasteiger partial charge < -0.3 is 20.1 Å². The number of nitrogens with one attached hydrogen (secondary N) is 1. The van der Waals surface area contributed by atoms with Crippen molar-refractivity contribution in [2.75, 3.05) is 33.9 Å². The maximum absolute atomic E-state index is 12.4. The lowest BCUT2D eigenvalue weighted by molar-refractivity contribution is -0.134. The summed E-state index contributed by atoms with van der Waals surface area (Å²) in [7, 11) is -0.830. The molecule has 0 bridgehead atoms. The lowest BCUT2D eigenvalue weighted by atomic mass is 10.0. The van der Waals surface area contributed by atoms with E-state index >= 15 is 0 Å². The average molecular weight is 422 g/mol. The van der Waals surface area contributed by atoms with Gasteiger partial charge in [-0.05, 0) is 31.4 Å². The van der Waals surface area contributed by atoms with Crippen LogP contribution in [0.25, 0.3) is 0 Å².